The van der Waals surface area contributed by atoms with Gasteiger partial charge < -0.3 is 9.84 Å². The number of unbranched alkanes of at least 4 members (excludes halogenated alkanes) is 11. The Bertz CT molecular complexity index is 1840. The standard InChI is InChI=1S/C52H70N2O2/c1-8-13-16-18-20-22-29-52(30-23-21-19-17-14-9-2)48-31-39(6)25-27-44(48)45-28-26-41(32-49(45)52)33-50(54-7)46-35-51(56-38-40(11-4)24-15-10-3)47(34-43(46)37-55)42(12-5)36-53/h12,25-28,31-35,40,55H,8-11,13-24,29-30,37-38H2,1-6H3/b42-12+,50-33-. The minimum atomic E-state index is -0.246. The molecule has 4 nitrogen and oxygen atoms in total. The second-order valence-electron chi connectivity index (χ2n) is 16.3. The number of hydrogen-bond donors (Lipinski definition) is 1. The molecule has 3 aromatic carbocycles. The van der Waals surface area contributed by atoms with Gasteiger partial charge in [0, 0.05) is 11.0 Å². The first-order chi connectivity index (χ1) is 27.3. The molecule has 3 aromatic rings. The van der Waals surface area contributed by atoms with E-state index in [0.717, 1.165) is 44.1 Å². The third-order valence-corrected chi connectivity index (χ3v) is 12.2. The Balaban J connectivity index is 1.81. The van der Waals surface area contributed by atoms with Crippen molar-refractivity contribution in [3.63, 3.8) is 0 Å². The van der Waals surface area contributed by atoms with Crippen LogP contribution in [0.25, 0.3) is 33.3 Å². The molecule has 1 aliphatic rings. The molecule has 4 rings (SSSR count). The average Bonchev–Trinajstić information content (AvgIpc) is 3.47. The highest BCUT2D eigenvalue weighted by Gasteiger charge is 2.42. The fraction of sp³-hybridized carbons (Fsp3) is 0.538. The Morgan fingerprint density at radius 1 is 0.804 bits per heavy atom. The van der Waals surface area contributed by atoms with Gasteiger partial charge in [0.15, 0.2) is 5.70 Å². The Kier molecular flexibility index (Phi) is 18.5. The van der Waals surface area contributed by atoms with Gasteiger partial charge in [-0.05, 0) is 96.2 Å². The zero-order valence-electron chi connectivity index (χ0n) is 35.7. The van der Waals surface area contributed by atoms with Gasteiger partial charge >= 0.3 is 0 Å². The predicted molar refractivity (Wildman–Crippen MR) is 238 cm³/mol. The van der Waals surface area contributed by atoms with Gasteiger partial charge in [0.1, 0.15) is 5.75 Å². The van der Waals surface area contributed by atoms with Crippen LogP contribution in [-0.2, 0) is 12.0 Å². The van der Waals surface area contributed by atoms with Gasteiger partial charge in [-0.25, -0.2) is 4.85 Å². The lowest BCUT2D eigenvalue weighted by Gasteiger charge is -2.33. The summed E-state index contributed by atoms with van der Waals surface area (Å²) in [6, 6.07) is 20.0. The van der Waals surface area contributed by atoms with E-state index in [4.69, 9.17) is 11.3 Å². The quantitative estimate of drug-likeness (QED) is 0.0405. The maximum Gasteiger partial charge on any atom is 0.195 e. The summed E-state index contributed by atoms with van der Waals surface area (Å²) in [4.78, 5) is 4.09. The highest BCUT2D eigenvalue weighted by Crippen LogP contribution is 2.55. The predicted octanol–water partition coefficient (Wildman–Crippen LogP) is 15.2. The van der Waals surface area contributed by atoms with Gasteiger partial charge in [0.05, 0.1) is 31.4 Å². The molecule has 1 aliphatic carbocycles. The summed E-state index contributed by atoms with van der Waals surface area (Å²) in [5.74, 6) is 0.996. The SMILES string of the molecule is [C-]#[N+]/C(=C\c1ccc2c(c1)C(CCCCCCCC)(CCCCCCCC)c1cc(C)ccc1-2)c1cc(OCC(CC)CCCC)c(/C(C#N)=C/C)cc1CO. The van der Waals surface area contributed by atoms with Gasteiger partial charge in [-0.3, -0.25) is 0 Å². The lowest BCUT2D eigenvalue weighted by Crippen LogP contribution is -2.25. The van der Waals surface area contributed by atoms with E-state index in [9.17, 15) is 10.4 Å². The number of aliphatic hydroxyl groups is 1. The van der Waals surface area contributed by atoms with Gasteiger partial charge in [-0.2, -0.15) is 5.26 Å². The molecule has 0 radical (unpaired) electrons. The van der Waals surface area contributed by atoms with Crippen LogP contribution in [0.4, 0.5) is 0 Å². The molecule has 0 aromatic heterocycles. The molecule has 56 heavy (non-hydrogen) atoms. The number of benzene rings is 3. The largest absolute Gasteiger partial charge is 0.493 e. The van der Waals surface area contributed by atoms with Crippen LogP contribution in [0.15, 0.2) is 54.6 Å². The van der Waals surface area contributed by atoms with E-state index < -0.39 is 0 Å². The molecule has 0 bridgehead atoms. The number of hydrogen-bond acceptors (Lipinski definition) is 3. The molecule has 4 heteroatoms. The van der Waals surface area contributed by atoms with Crippen LogP contribution in [0, 0.1) is 30.7 Å². The first-order valence-electron chi connectivity index (χ1n) is 22.2. The van der Waals surface area contributed by atoms with Crippen molar-refractivity contribution in [3.8, 4) is 22.9 Å². The van der Waals surface area contributed by atoms with Gasteiger partial charge in [-0.1, -0.05) is 172 Å². The highest BCUT2D eigenvalue weighted by atomic mass is 16.5. The summed E-state index contributed by atoms with van der Waals surface area (Å²) in [6.07, 6.45) is 25.8. The van der Waals surface area contributed by atoms with Crippen molar-refractivity contribution >= 4 is 17.3 Å². The van der Waals surface area contributed by atoms with Crippen molar-refractivity contribution in [2.75, 3.05) is 6.61 Å². The van der Waals surface area contributed by atoms with E-state index in [0.29, 0.717) is 46.2 Å². The minimum absolute atomic E-state index is 0.0545. The first-order valence-corrected chi connectivity index (χ1v) is 22.2. The van der Waals surface area contributed by atoms with Gasteiger partial charge in [-0.15, -0.1) is 0 Å². The zero-order valence-corrected chi connectivity index (χ0v) is 35.7. The third-order valence-electron chi connectivity index (χ3n) is 12.2. The summed E-state index contributed by atoms with van der Waals surface area (Å²) in [5.41, 5.74) is 10.7. The molecule has 0 aliphatic heterocycles. The van der Waals surface area contributed by atoms with Crippen molar-refractivity contribution in [1.29, 1.82) is 5.26 Å². The maximum absolute atomic E-state index is 10.7. The van der Waals surface area contributed by atoms with Crippen LogP contribution in [0.5, 0.6) is 5.75 Å². The monoisotopic (exact) mass is 755 g/mol. The van der Waals surface area contributed by atoms with Crippen LogP contribution >= 0.6 is 0 Å². The smallest absolute Gasteiger partial charge is 0.195 e. The van der Waals surface area contributed by atoms with E-state index in [2.05, 4.69) is 81.9 Å². The number of ether oxygens (including phenoxy) is 1. The van der Waals surface area contributed by atoms with Crippen molar-refractivity contribution in [3.05, 3.63) is 105 Å². The van der Waals surface area contributed by atoms with E-state index in [-0.39, 0.29) is 12.0 Å². The van der Waals surface area contributed by atoms with E-state index in [1.54, 1.807) is 6.08 Å². The van der Waals surface area contributed by atoms with Crippen LogP contribution < -0.4 is 4.74 Å². The normalized spacial score (nSPS) is 13.9. The number of allylic oxidation sites excluding steroid dienone is 2. The van der Waals surface area contributed by atoms with E-state index in [1.807, 2.05) is 25.1 Å². The lowest BCUT2D eigenvalue weighted by atomic mass is 9.70. The third kappa shape index (κ3) is 11.3. The molecular formula is C52H70N2O2. The van der Waals surface area contributed by atoms with Crippen LogP contribution in [0.3, 0.4) is 0 Å². The van der Waals surface area contributed by atoms with Gasteiger partial charge in [0.25, 0.3) is 0 Å². The fourth-order valence-corrected chi connectivity index (χ4v) is 8.83. The Hall–Kier alpha value is -4.12. The Labute approximate surface area is 340 Å². The number of rotatable bonds is 25. The maximum atomic E-state index is 10.7. The molecule has 0 saturated heterocycles. The van der Waals surface area contributed by atoms with Crippen molar-refractivity contribution in [2.24, 2.45) is 5.92 Å². The summed E-state index contributed by atoms with van der Waals surface area (Å²) >= 11 is 0. The number of nitrogens with zero attached hydrogens (tertiary/aromatic N) is 2. The average molecular weight is 755 g/mol. The van der Waals surface area contributed by atoms with Gasteiger partial charge in [0.2, 0.25) is 0 Å². The zero-order chi connectivity index (χ0) is 40.3. The molecule has 0 spiro atoms. The van der Waals surface area contributed by atoms with E-state index >= 15 is 0 Å². The number of nitriles is 1. The summed E-state index contributed by atoms with van der Waals surface area (Å²) in [6.45, 7) is 21.8. The summed E-state index contributed by atoms with van der Waals surface area (Å²) in [5, 5.41) is 20.7. The molecule has 1 N–H and O–H groups in total. The molecule has 1 unspecified atom stereocenters. The minimum Gasteiger partial charge on any atom is -0.493 e. The second-order valence-corrected chi connectivity index (χ2v) is 16.3. The summed E-state index contributed by atoms with van der Waals surface area (Å²) in [7, 11) is 0. The molecular weight excluding hydrogens is 685 g/mol. The highest BCUT2D eigenvalue weighted by molar-refractivity contribution is 5.91. The molecule has 0 fully saturated rings. The number of aryl methyl sites for hydroxylation is 1. The van der Waals surface area contributed by atoms with E-state index in [1.165, 1.54) is 105 Å². The van der Waals surface area contributed by atoms with Crippen LogP contribution in [-0.4, -0.2) is 11.7 Å². The van der Waals surface area contributed by atoms with Crippen LogP contribution in [0.2, 0.25) is 0 Å². The van der Waals surface area contributed by atoms with Crippen molar-refractivity contribution in [1.82, 2.24) is 0 Å². The second kappa shape index (κ2) is 23.2. The molecule has 1 atom stereocenters. The molecule has 0 amide bonds. The number of aliphatic hydroxyl groups excluding tert-OH is 1. The van der Waals surface area contributed by atoms with Crippen LogP contribution in [0.1, 0.15) is 189 Å². The Morgan fingerprint density at radius 2 is 1.41 bits per heavy atom. The fourth-order valence-electron chi connectivity index (χ4n) is 8.83. The molecule has 300 valence electrons. The summed E-state index contributed by atoms with van der Waals surface area (Å²) < 4.78 is 6.52. The molecule has 0 saturated carbocycles. The van der Waals surface area contributed by atoms with Crippen molar-refractivity contribution < 1.29 is 9.84 Å². The topological polar surface area (TPSA) is 57.6 Å². The lowest BCUT2D eigenvalue weighted by molar-refractivity contribution is 0.232. The number of fused-ring (bicyclic) bond motifs is 3. The Morgan fingerprint density at radius 3 is 1.98 bits per heavy atom. The van der Waals surface area contributed by atoms with Crippen molar-refractivity contribution in [2.45, 2.75) is 169 Å². The molecule has 0 heterocycles. The first kappa shape index (κ1) is 44.6.